The highest BCUT2D eigenvalue weighted by Crippen LogP contribution is 2.16. The van der Waals surface area contributed by atoms with Crippen LogP contribution >= 0.6 is 0 Å². The molecule has 140 valence electrons. The quantitative estimate of drug-likeness (QED) is 0.649. The third kappa shape index (κ3) is 5.68. The highest BCUT2D eigenvalue weighted by molar-refractivity contribution is 7.89. The first kappa shape index (κ1) is 20.1. The molecular formula is C20H26N2O3S. The van der Waals surface area contributed by atoms with E-state index in [-0.39, 0.29) is 10.8 Å². The second-order valence-corrected chi connectivity index (χ2v) is 8.02. The Hall–Kier alpha value is -2.18. The molecule has 2 aromatic rings. The molecule has 0 saturated carbocycles. The molecule has 0 aliphatic heterocycles. The van der Waals surface area contributed by atoms with Gasteiger partial charge in [0, 0.05) is 17.8 Å². The third-order valence-electron chi connectivity index (χ3n) is 4.13. The van der Waals surface area contributed by atoms with Gasteiger partial charge in [-0.15, -0.1) is 0 Å². The molecule has 0 radical (unpaired) electrons. The molecule has 0 aromatic heterocycles. The number of nitrogens with one attached hydrogen (secondary N) is 2. The fourth-order valence-electron chi connectivity index (χ4n) is 2.59. The Bertz CT molecular complexity index is 830. The van der Waals surface area contributed by atoms with Crippen LogP contribution in [0.2, 0.25) is 0 Å². The van der Waals surface area contributed by atoms with Crippen LogP contribution in [-0.2, 0) is 10.0 Å². The van der Waals surface area contributed by atoms with Crippen molar-refractivity contribution in [3.63, 3.8) is 0 Å². The lowest BCUT2D eigenvalue weighted by Crippen LogP contribution is -2.24. The molecule has 0 fully saturated rings. The van der Waals surface area contributed by atoms with Crippen LogP contribution in [0.15, 0.2) is 53.4 Å². The molecule has 0 aliphatic rings. The summed E-state index contributed by atoms with van der Waals surface area (Å²) in [5, 5.41) is 2.79. The molecule has 0 unspecified atom stereocenters. The van der Waals surface area contributed by atoms with Crippen molar-refractivity contribution in [1.29, 1.82) is 0 Å². The van der Waals surface area contributed by atoms with Crippen LogP contribution in [0.3, 0.4) is 0 Å². The van der Waals surface area contributed by atoms with Crippen molar-refractivity contribution in [2.45, 2.75) is 44.4 Å². The number of carbonyl (C=O) groups excluding carboxylic acids is 1. The van der Waals surface area contributed by atoms with Gasteiger partial charge in [0.1, 0.15) is 0 Å². The van der Waals surface area contributed by atoms with Gasteiger partial charge in [-0.05, 0) is 49.2 Å². The number of rotatable bonds is 9. The molecule has 26 heavy (non-hydrogen) atoms. The average molecular weight is 375 g/mol. The summed E-state index contributed by atoms with van der Waals surface area (Å²) in [5.41, 5.74) is 2.04. The molecule has 0 atom stereocenters. The predicted octanol–water partition coefficient (Wildman–Crippen LogP) is 4.11. The van der Waals surface area contributed by atoms with Gasteiger partial charge in [0.25, 0.3) is 5.91 Å². The van der Waals surface area contributed by atoms with Gasteiger partial charge >= 0.3 is 0 Å². The number of benzene rings is 2. The van der Waals surface area contributed by atoms with E-state index in [0.717, 1.165) is 31.2 Å². The SMILES string of the molecule is CCCCCCNS(=O)(=O)c1ccc(NC(=O)c2ccccc2C)cc1. The molecule has 0 heterocycles. The van der Waals surface area contributed by atoms with Gasteiger partial charge in [-0.25, -0.2) is 13.1 Å². The van der Waals surface area contributed by atoms with E-state index in [9.17, 15) is 13.2 Å². The van der Waals surface area contributed by atoms with E-state index in [0.29, 0.717) is 17.8 Å². The third-order valence-corrected chi connectivity index (χ3v) is 5.61. The number of amides is 1. The van der Waals surface area contributed by atoms with Gasteiger partial charge in [0.05, 0.1) is 4.90 Å². The van der Waals surface area contributed by atoms with Crippen LogP contribution in [0.25, 0.3) is 0 Å². The largest absolute Gasteiger partial charge is 0.322 e. The molecule has 0 spiro atoms. The topological polar surface area (TPSA) is 75.3 Å². The van der Waals surface area contributed by atoms with Crippen molar-refractivity contribution >= 4 is 21.6 Å². The summed E-state index contributed by atoms with van der Waals surface area (Å²) in [6.07, 6.45) is 4.07. The zero-order valence-corrected chi connectivity index (χ0v) is 16.1. The van der Waals surface area contributed by atoms with Crippen LogP contribution in [0.1, 0.15) is 48.5 Å². The highest BCUT2D eigenvalue weighted by atomic mass is 32.2. The number of hydrogen-bond acceptors (Lipinski definition) is 3. The zero-order valence-electron chi connectivity index (χ0n) is 15.3. The Morgan fingerprint density at radius 2 is 1.65 bits per heavy atom. The number of unbranched alkanes of at least 4 members (excludes halogenated alkanes) is 3. The Morgan fingerprint density at radius 3 is 2.31 bits per heavy atom. The summed E-state index contributed by atoms with van der Waals surface area (Å²) in [7, 11) is -3.51. The zero-order chi connectivity index (χ0) is 19.0. The van der Waals surface area contributed by atoms with Crippen molar-refractivity contribution < 1.29 is 13.2 Å². The normalized spacial score (nSPS) is 11.3. The second kappa shape index (κ2) is 9.50. The summed E-state index contributed by atoms with van der Waals surface area (Å²) < 4.78 is 27.1. The smallest absolute Gasteiger partial charge is 0.255 e. The fraction of sp³-hybridized carbons (Fsp3) is 0.350. The molecule has 5 nitrogen and oxygen atoms in total. The van der Waals surface area contributed by atoms with E-state index >= 15 is 0 Å². The number of carbonyl (C=O) groups is 1. The molecule has 0 saturated heterocycles. The minimum atomic E-state index is -3.51. The highest BCUT2D eigenvalue weighted by Gasteiger charge is 2.14. The maximum Gasteiger partial charge on any atom is 0.255 e. The number of sulfonamides is 1. The maximum atomic E-state index is 12.3. The minimum absolute atomic E-state index is 0.196. The first-order valence-electron chi connectivity index (χ1n) is 8.91. The van der Waals surface area contributed by atoms with Crippen LogP contribution < -0.4 is 10.0 Å². The predicted molar refractivity (Wildman–Crippen MR) is 105 cm³/mol. The molecule has 2 rings (SSSR count). The van der Waals surface area contributed by atoms with Gasteiger partial charge in [0.15, 0.2) is 0 Å². The minimum Gasteiger partial charge on any atom is -0.322 e. The first-order chi connectivity index (χ1) is 12.4. The second-order valence-electron chi connectivity index (χ2n) is 6.25. The van der Waals surface area contributed by atoms with Gasteiger partial charge in [0.2, 0.25) is 10.0 Å². The van der Waals surface area contributed by atoms with E-state index in [1.807, 2.05) is 25.1 Å². The van der Waals surface area contributed by atoms with Crippen LogP contribution in [-0.4, -0.2) is 20.9 Å². The molecule has 6 heteroatoms. The molecule has 1 amide bonds. The molecule has 0 aliphatic carbocycles. The summed E-state index contributed by atoms with van der Waals surface area (Å²) in [4.78, 5) is 12.5. The fourth-order valence-corrected chi connectivity index (χ4v) is 3.66. The lowest BCUT2D eigenvalue weighted by atomic mass is 10.1. The van der Waals surface area contributed by atoms with Crippen LogP contribution in [0.5, 0.6) is 0 Å². The van der Waals surface area contributed by atoms with Gasteiger partial charge < -0.3 is 5.32 Å². The van der Waals surface area contributed by atoms with E-state index < -0.39 is 10.0 Å². The van der Waals surface area contributed by atoms with Gasteiger partial charge in [-0.1, -0.05) is 44.4 Å². The number of hydrogen-bond donors (Lipinski definition) is 2. The maximum absolute atomic E-state index is 12.3. The van der Waals surface area contributed by atoms with Crippen molar-refractivity contribution in [3.8, 4) is 0 Å². The number of aryl methyl sites for hydroxylation is 1. The standard InChI is InChI=1S/C20H26N2O3S/c1-3-4-5-8-15-21-26(24,25)18-13-11-17(12-14-18)22-20(23)19-10-7-6-9-16(19)2/h6-7,9-14,21H,3-5,8,15H2,1-2H3,(H,22,23). The molecule has 0 bridgehead atoms. The van der Waals surface area contributed by atoms with E-state index in [4.69, 9.17) is 0 Å². The monoisotopic (exact) mass is 374 g/mol. The lowest BCUT2D eigenvalue weighted by Gasteiger charge is -2.09. The molecular weight excluding hydrogens is 348 g/mol. The summed E-state index contributed by atoms with van der Waals surface area (Å²) in [5.74, 6) is -0.215. The van der Waals surface area contributed by atoms with E-state index in [2.05, 4.69) is 17.0 Å². The summed E-state index contributed by atoms with van der Waals surface area (Å²) in [6, 6.07) is 13.5. The lowest BCUT2D eigenvalue weighted by molar-refractivity contribution is 0.102. The summed E-state index contributed by atoms with van der Waals surface area (Å²) >= 11 is 0. The Morgan fingerprint density at radius 1 is 0.962 bits per heavy atom. The van der Waals surface area contributed by atoms with Crippen molar-refractivity contribution in [2.24, 2.45) is 0 Å². The van der Waals surface area contributed by atoms with Crippen LogP contribution in [0.4, 0.5) is 5.69 Å². The average Bonchev–Trinajstić information content (AvgIpc) is 2.62. The van der Waals surface area contributed by atoms with E-state index in [1.165, 1.54) is 12.1 Å². The Balaban J connectivity index is 1.97. The van der Waals surface area contributed by atoms with Crippen molar-refractivity contribution in [1.82, 2.24) is 4.72 Å². The van der Waals surface area contributed by atoms with Gasteiger partial charge in [-0.2, -0.15) is 0 Å². The van der Waals surface area contributed by atoms with Crippen LogP contribution in [0, 0.1) is 6.92 Å². The Labute approximate surface area is 155 Å². The molecule has 2 aromatic carbocycles. The molecule has 2 N–H and O–H groups in total. The van der Waals surface area contributed by atoms with Gasteiger partial charge in [-0.3, -0.25) is 4.79 Å². The van der Waals surface area contributed by atoms with E-state index in [1.54, 1.807) is 18.2 Å². The van der Waals surface area contributed by atoms with Crippen molar-refractivity contribution in [3.05, 3.63) is 59.7 Å². The Kier molecular flexibility index (Phi) is 7.36. The first-order valence-corrected chi connectivity index (χ1v) is 10.4. The number of anilines is 1. The van der Waals surface area contributed by atoms with Crippen molar-refractivity contribution in [2.75, 3.05) is 11.9 Å². The summed E-state index contributed by atoms with van der Waals surface area (Å²) in [6.45, 7) is 4.43.